The maximum atomic E-state index is 12.9. The summed E-state index contributed by atoms with van der Waals surface area (Å²) in [6.45, 7) is 5.97. The Bertz CT molecular complexity index is 939. The van der Waals surface area contributed by atoms with E-state index in [1.165, 1.54) is 0 Å². The Labute approximate surface area is 177 Å². The third kappa shape index (κ3) is 4.82. The van der Waals surface area contributed by atoms with Crippen molar-refractivity contribution in [1.29, 1.82) is 0 Å². The summed E-state index contributed by atoms with van der Waals surface area (Å²) in [4.78, 5) is 29.5. The SMILES string of the molecule is Cc1ccc(C)c(NC(=O)CN(CCC(=O)N2CCOc3ccccc32)C2CC2)c1. The van der Waals surface area contributed by atoms with Gasteiger partial charge in [-0.25, -0.2) is 0 Å². The minimum absolute atomic E-state index is 0.0280. The number of carbonyl (C=O) groups excluding carboxylic acids is 2. The molecule has 2 aromatic carbocycles. The van der Waals surface area contributed by atoms with Crippen molar-refractivity contribution >= 4 is 23.2 Å². The highest BCUT2D eigenvalue weighted by Crippen LogP contribution is 2.32. The fraction of sp³-hybridized carbons (Fsp3) is 0.417. The molecule has 0 radical (unpaired) electrons. The van der Waals surface area contributed by atoms with Gasteiger partial charge in [-0.2, -0.15) is 0 Å². The second-order valence-electron chi connectivity index (χ2n) is 8.18. The van der Waals surface area contributed by atoms with E-state index in [-0.39, 0.29) is 11.8 Å². The normalized spacial score (nSPS) is 15.5. The molecular formula is C24H29N3O3. The van der Waals surface area contributed by atoms with E-state index in [1.807, 2.05) is 56.3 Å². The fourth-order valence-electron chi connectivity index (χ4n) is 3.88. The van der Waals surface area contributed by atoms with Gasteiger partial charge in [0, 0.05) is 24.7 Å². The highest BCUT2D eigenvalue weighted by atomic mass is 16.5. The molecule has 30 heavy (non-hydrogen) atoms. The molecule has 0 bridgehead atoms. The van der Waals surface area contributed by atoms with Gasteiger partial charge >= 0.3 is 0 Å². The number of hydrogen-bond acceptors (Lipinski definition) is 4. The number of nitrogens with one attached hydrogen (secondary N) is 1. The number of hydrogen-bond donors (Lipinski definition) is 1. The lowest BCUT2D eigenvalue weighted by molar-refractivity contribution is -0.121. The van der Waals surface area contributed by atoms with Gasteiger partial charge in [0.2, 0.25) is 11.8 Å². The Kier molecular flexibility index (Phi) is 6.04. The quantitative estimate of drug-likeness (QED) is 0.763. The molecule has 6 heteroatoms. The molecule has 4 rings (SSSR count). The van der Waals surface area contributed by atoms with Crippen LogP contribution in [-0.2, 0) is 9.59 Å². The van der Waals surface area contributed by atoms with Gasteiger partial charge < -0.3 is 15.0 Å². The van der Waals surface area contributed by atoms with E-state index in [2.05, 4.69) is 10.2 Å². The van der Waals surface area contributed by atoms with Crippen molar-refractivity contribution in [3.63, 3.8) is 0 Å². The zero-order valence-electron chi connectivity index (χ0n) is 17.7. The summed E-state index contributed by atoms with van der Waals surface area (Å²) in [6, 6.07) is 14.1. The summed E-state index contributed by atoms with van der Waals surface area (Å²) in [5, 5.41) is 3.04. The van der Waals surface area contributed by atoms with Crippen molar-refractivity contribution in [3.8, 4) is 5.75 Å². The fourth-order valence-corrected chi connectivity index (χ4v) is 3.88. The summed E-state index contributed by atoms with van der Waals surface area (Å²) < 4.78 is 5.65. The van der Waals surface area contributed by atoms with Gasteiger partial charge in [-0.1, -0.05) is 24.3 Å². The molecule has 6 nitrogen and oxygen atoms in total. The van der Waals surface area contributed by atoms with Crippen molar-refractivity contribution in [2.75, 3.05) is 36.5 Å². The van der Waals surface area contributed by atoms with E-state index in [1.54, 1.807) is 4.90 Å². The number of fused-ring (bicyclic) bond motifs is 1. The second-order valence-corrected chi connectivity index (χ2v) is 8.18. The minimum atomic E-state index is -0.0280. The summed E-state index contributed by atoms with van der Waals surface area (Å²) >= 11 is 0. The van der Waals surface area contributed by atoms with E-state index in [9.17, 15) is 9.59 Å². The van der Waals surface area contributed by atoms with Gasteiger partial charge in [0.15, 0.2) is 0 Å². The van der Waals surface area contributed by atoms with Gasteiger partial charge in [-0.3, -0.25) is 14.5 Å². The molecule has 0 atom stereocenters. The van der Waals surface area contributed by atoms with Crippen LogP contribution in [0.15, 0.2) is 42.5 Å². The van der Waals surface area contributed by atoms with Gasteiger partial charge in [0.25, 0.3) is 0 Å². The molecule has 1 heterocycles. The van der Waals surface area contributed by atoms with Crippen LogP contribution in [0, 0.1) is 13.8 Å². The summed E-state index contributed by atoms with van der Waals surface area (Å²) in [5.41, 5.74) is 3.86. The van der Waals surface area contributed by atoms with Crippen LogP contribution in [0.5, 0.6) is 5.75 Å². The highest BCUT2D eigenvalue weighted by Gasteiger charge is 2.31. The molecule has 2 aromatic rings. The first-order chi connectivity index (χ1) is 14.5. The van der Waals surface area contributed by atoms with Crippen LogP contribution in [0.4, 0.5) is 11.4 Å². The zero-order valence-corrected chi connectivity index (χ0v) is 17.7. The zero-order chi connectivity index (χ0) is 21.1. The summed E-state index contributed by atoms with van der Waals surface area (Å²) in [7, 11) is 0. The number of rotatable bonds is 7. The van der Waals surface area contributed by atoms with E-state index in [0.29, 0.717) is 38.7 Å². The molecule has 1 aliphatic heterocycles. The van der Waals surface area contributed by atoms with Gasteiger partial charge in [-0.15, -0.1) is 0 Å². The number of carbonyl (C=O) groups is 2. The molecule has 0 aromatic heterocycles. The number of benzene rings is 2. The van der Waals surface area contributed by atoms with Gasteiger partial charge in [-0.05, 0) is 56.0 Å². The monoisotopic (exact) mass is 407 g/mol. The number of ether oxygens (including phenoxy) is 1. The Morgan fingerprint density at radius 3 is 2.77 bits per heavy atom. The Morgan fingerprint density at radius 1 is 1.17 bits per heavy atom. The standard InChI is InChI=1S/C24H29N3O3/c1-17-7-8-18(2)20(15-17)25-23(28)16-26(19-9-10-19)12-11-24(29)27-13-14-30-22-6-4-3-5-21(22)27/h3-8,15,19H,9-14,16H2,1-2H3,(H,25,28). The first kappa shape index (κ1) is 20.4. The third-order valence-corrected chi connectivity index (χ3v) is 5.72. The van der Waals surface area contributed by atoms with Crippen molar-refractivity contribution in [2.24, 2.45) is 0 Å². The number of amides is 2. The van der Waals surface area contributed by atoms with Crippen LogP contribution in [-0.4, -0.2) is 49.0 Å². The van der Waals surface area contributed by atoms with Crippen molar-refractivity contribution in [3.05, 3.63) is 53.6 Å². The van der Waals surface area contributed by atoms with E-state index in [0.717, 1.165) is 41.1 Å². The molecule has 0 spiro atoms. The number of anilines is 2. The van der Waals surface area contributed by atoms with Crippen LogP contribution < -0.4 is 15.0 Å². The van der Waals surface area contributed by atoms with Gasteiger partial charge in [0.1, 0.15) is 12.4 Å². The molecule has 1 fully saturated rings. The van der Waals surface area contributed by atoms with Crippen LogP contribution in [0.1, 0.15) is 30.4 Å². The lowest BCUT2D eigenvalue weighted by Gasteiger charge is -2.30. The van der Waals surface area contributed by atoms with E-state index < -0.39 is 0 Å². The number of para-hydroxylation sites is 2. The molecule has 2 aliphatic rings. The van der Waals surface area contributed by atoms with Crippen molar-refractivity contribution in [2.45, 2.75) is 39.2 Å². The maximum Gasteiger partial charge on any atom is 0.238 e. The van der Waals surface area contributed by atoms with Crippen molar-refractivity contribution < 1.29 is 14.3 Å². The highest BCUT2D eigenvalue weighted by molar-refractivity contribution is 5.95. The summed E-state index contributed by atoms with van der Waals surface area (Å²) in [6.07, 6.45) is 2.57. The molecule has 1 aliphatic carbocycles. The van der Waals surface area contributed by atoms with Crippen LogP contribution >= 0.6 is 0 Å². The predicted molar refractivity (Wildman–Crippen MR) is 118 cm³/mol. The second kappa shape index (κ2) is 8.88. The molecule has 1 N–H and O–H groups in total. The lowest BCUT2D eigenvalue weighted by atomic mass is 10.1. The first-order valence-electron chi connectivity index (χ1n) is 10.6. The smallest absolute Gasteiger partial charge is 0.238 e. The van der Waals surface area contributed by atoms with E-state index >= 15 is 0 Å². The number of aryl methyl sites for hydroxylation is 2. The van der Waals surface area contributed by atoms with E-state index in [4.69, 9.17) is 4.74 Å². The lowest BCUT2D eigenvalue weighted by Crippen LogP contribution is -2.41. The Hall–Kier alpha value is -2.86. The Balaban J connectivity index is 1.35. The minimum Gasteiger partial charge on any atom is -0.490 e. The van der Waals surface area contributed by atoms with Gasteiger partial charge in [0.05, 0.1) is 18.8 Å². The third-order valence-electron chi connectivity index (χ3n) is 5.72. The molecule has 0 saturated heterocycles. The van der Waals surface area contributed by atoms with Crippen molar-refractivity contribution in [1.82, 2.24) is 4.90 Å². The number of nitrogens with zero attached hydrogens (tertiary/aromatic N) is 2. The average Bonchev–Trinajstić information content (AvgIpc) is 3.58. The Morgan fingerprint density at radius 2 is 1.97 bits per heavy atom. The molecule has 2 amide bonds. The van der Waals surface area contributed by atoms with Crippen LogP contribution in [0.3, 0.4) is 0 Å². The molecule has 1 saturated carbocycles. The predicted octanol–water partition coefficient (Wildman–Crippen LogP) is 3.52. The maximum absolute atomic E-state index is 12.9. The average molecular weight is 408 g/mol. The van der Waals surface area contributed by atoms with Crippen LogP contribution in [0.2, 0.25) is 0 Å². The molecular weight excluding hydrogens is 378 g/mol. The first-order valence-corrected chi connectivity index (χ1v) is 10.6. The topological polar surface area (TPSA) is 61.9 Å². The summed E-state index contributed by atoms with van der Waals surface area (Å²) in [5.74, 6) is 0.801. The molecule has 158 valence electrons. The molecule has 0 unspecified atom stereocenters. The largest absolute Gasteiger partial charge is 0.490 e. The van der Waals surface area contributed by atoms with Crippen LogP contribution in [0.25, 0.3) is 0 Å².